The van der Waals surface area contributed by atoms with Crippen LogP contribution in [0.15, 0.2) is 28.3 Å². The van der Waals surface area contributed by atoms with E-state index in [0.29, 0.717) is 30.9 Å². The zero-order chi connectivity index (χ0) is 19.5. The Balaban J connectivity index is 2.42. The van der Waals surface area contributed by atoms with Crippen molar-refractivity contribution in [1.82, 2.24) is 18.8 Å². The number of aromatic nitrogens is 2. The van der Waals surface area contributed by atoms with Crippen molar-refractivity contribution < 1.29 is 13.2 Å². The minimum absolute atomic E-state index is 0.00880. The lowest BCUT2D eigenvalue weighted by Crippen LogP contribution is -2.30. The fourth-order valence-electron chi connectivity index (χ4n) is 2.63. The molecule has 0 spiro atoms. The van der Waals surface area contributed by atoms with Gasteiger partial charge in [-0.25, -0.2) is 13.4 Å². The molecule has 26 heavy (non-hydrogen) atoms. The van der Waals surface area contributed by atoms with Gasteiger partial charge in [0, 0.05) is 33.7 Å². The maximum Gasteiger partial charge on any atom is 0.243 e. The molecule has 0 radical (unpaired) electrons. The highest BCUT2D eigenvalue weighted by molar-refractivity contribution is 7.99. The van der Waals surface area contributed by atoms with Crippen LogP contribution in [-0.2, 0) is 21.4 Å². The van der Waals surface area contributed by atoms with Crippen LogP contribution in [-0.4, -0.2) is 66.0 Å². The number of carbonyl (C=O) groups excluding carboxylic acids is 1. The second kappa shape index (κ2) is 8.41. The van der Waals surface area contributed by atoms with Gasteiger partial charge in [-0.15, -0.1) is 0 Å². The Morgan fingerprint density at radius 2 is 1.85 bits per heavy atom. The van der Waals surface area contributed by atoms with Gasteiger partial charge in [0.15, 0.2) is 5.16 Å². The first-order valence-corrected chi connectivity index (χ1v) is 11.0. The molecule has 1 amide bonds. The Morgan fingerprint density at radius 1 is 1.19 bits per heavy atom. The highest BCUT2D eigenvalue weighted by Gasteiger charge is 2.23. The summed E-state index contributed by atoms with van der Waals surface area (Å²) < 4.78 is 28.9. The standard InChI is InChI=1S/C17H26N4O3S2/c1-6-20(7-2)26(23,24)13-9-10-15-14(11-13)18-17(21(15)8-3)25-12-16(22)19(4)5/h9-11H,6-8,12H2,1-5H3. The summed E-state index contributed by atoms with van der Waals surface area (Å²) in [5.74, 6) is 0.301. The fourth-order valence-corrected chi connectivity index (χ4v) is 5.17. The molecule has 0 fully saturated rings. The van der Waals surface area contributed by atoms with Gasteiger partial charge >= 0.3 is 0 Å². The third-order valence-electron chi connectivity index (χ3n) is 4.17. The molecule has 2 aromatic rings. The summed E-state index contributed by atoms with van der Waals surface area (Å²) in [7, 11) is -0.0869. The van der Waals surface area contributed by atoms with Crippen LogP contribution in [0.25, 0.3) is 11.0 Å². The predicted molar refractivity (Wildman–Crippen MR) is 105 cm³/mol. The second-order valence-corrected chi connectivity index (χ2v) is 8.84. The number of hydrogen-bond donors (Lipinski definition) is 0. The van der Waals surface area contributed by atoms with Gasteiger partial charge in [0.05, 0.1) is 21.7 Å². The smallest absolute Gasteiger partial charge is 0.243 e. The van der Waals surface area contributed by atoms with Crippen LogP contribution in [0.5, 0.6) is 0 Å². The maximum absolute atomic E-state index is 12.7. The van der Waals surface area contributed by atoms with Crippen LogP contribution in [0.4, 0.5) is 0 Å². The summed E-state index contributed by atoms with van der Waals surface area (Å²) in [5, 5.41) is 0.718. The summed E-state index contributed by atoms with van der Waals surface area (Å²) >= 11 is 1.36. The van der Waals surface area contributed by atoms with Gasteiger partial charge in [-0.1, -0.05) is 25.6 Å². The third-order valence-corrected chi connectivity index (χ3v) is 7.17. The number of aryl methyl sites for hydroxylation is 1. The van der Waals surface area contributed by atoms with Crippen LogP contribution in [0, 0.1) is 0 Å². The van der Waals surface area contributed by atoms with Crippen LogP contribution in [0.1, 0.15) is 20.8 Å². The first-order chi connectivity index (χ1) is 12.3. The molecule has 1 heterocycles. The molecule has 2 rings (SSSR count). The first kappa shape index (κ1) is 20.7. The predicted octanol–water partition coefficient (Wildman–Crippen LogP) is 2.27. The van der Waals surface area contributed by atoms with Gasteiger partial charge in [-0.3, -0.25) is 4.79 Å². The van der Waals surface area contributed by atoms with Crippen molar-refractivity contribution in [2.24, 2.45) is 0 Å². The molecule has 0 atom stereocenters. The van der Waals surface area contributed by atoms with Crippen molar-refractivity contribution in [3.8, 4) is 0 Å². The van der Waals surface area contributed by atoms with E-state index in [4.69, 9.17) is 0 Å². The van der Waals surface area contributed by atoms with Gasteiger partial charge in [0.1, 0.15) is 0 Å². The van der Waals surface area contributed by atoms with Gasteiger partial charge in [0.2, 0.25) is 15.9 Å². The SMILES string of the molecule is CCN(CC)S(=O)(=O)c1ccc2c(c1)nc(SCC(=O)N(C)C)n2CC. The number of carbonyl (C=O) groups is 1. The molecular weight excluding hydrogens is 372 g/mol. The van der Waals surface area contributed by atoms with E-state index in [1.807, 2.05) is 25.3 Å². The van der Waals surface area contributed by atoms with E-state index in [2.05, 4.69) is 4.98 Å². The van der Waals surface area contributed by atoms with Crippen LogP contribution in [0.2, 0.25) is 0 Å². The van der Waals surface area contributed by atoms with Crippen LogP contribution >= 0.6 is 11.8 Å². The molecule has 0 saturated carbocycles. The van der Waals surface area contributed by atoms with E-state index in [0.717, 1.165) is 10.7 Å². The lowest BCUT2D eigenvalue weighted by Gasteiger charge is -2.18. The van der Waals surface area contributed by atoms with Crippen molar-refractivity contribution in [1.29, 1.82) is 0 Å². The largest absolute Gasteiger partial charge is 0.348 e. The van der Waals surface area contributed by atoms with E-state index in [-0.39, 0.29) is 10.8 Å². The number of amides is 1. The molecule has 0 N–H and O–H groups in total. The maximum atomic E-state index is 12.7. The molecule has 144 valence electrons. The van der Waals surface area contributed by atoms with Crippen LogP contribution < -0.4 is 0 Å². The van der Waals surface area contributed by atoms with E-state index >= 15 is 0 Å². The van der Waals surface area contributed by atoms with Crippen molar-refractivity contribution in [3.63, 3.8) is 0 Å². The first-order valence-electron chi connectivity index (χ1n) is 8.59. The van der Waals surface area contributed by atoms with Gasteiger partial charge < -0.3 is 9.47 Å². The Morgan fingerprint density at radius 3 is 2.38 bits per heavy atom. The van der Waals surface area contributed by atoms with E-state index in [1.165, 1.54) is 16.1 Å². The zero-order valence-electron chi connectivity index (χ0n) is 15.9. The normalized spacial score (nSPS) is 12.1. The van der Waals surface area contributed by atoms with Gasteiger partial charge in [-0.05, 0) is 25.1 Å². The van der Waals surface area contributed by atoms with E-state index in [9.17, 15) is 13.2 Å². The lowest BCUT2D eigenvalue weighted by atomic mass is 10.3. The number of thioether (sulfide) groups is 1. The fraction of sp³-hybridized carbons (Fsp3) is 0.529. The molecule has 0 aliphatic rings. The average molecular weight is 399 g/mol. The molecule has 1 aromatic heterocycles. The minimum atomic E-state index is -3.52. The number of hydrogen-bond acceptors (Lipinski definition) is 5. The van der Waals surface area contributed by atoms with Crippen molar-refractivity contribution in [2.45, 2.75) is 37.4 Å². The number of nitrogens with zero attached hydrogens (tertiary/aromatic N) is 4. The molecule has 7 nitrogen and oxygen atoms in total. The molecular formula is C17H26N4O3S2. The van der Waals surface area contributed by atoms with Crippen molar-refractivity contribution in [2.75, 3.05) is 32.9 Å². The van der Waals surface area contributed by atoms with E-state index in [1.54, 1.807) is 37.2 Å². The molecule has 0 bridgehead atoms. The second-order valence-electron chi connectivity index (χ2n) is 5.96. The number of imidazole rings is 1. The number of fused-ring (bicyclic) bond motifs is 1. The Labute approximate surface area is 159 Å². The molecule has 0 aliphatic carbocycles. The summed E-state index contributed by atoms with van der Waals surface area (Å²) in [4.78, 5) is 18.2. The summed E-state index contributed by atoms with van der Waals surface area (Å²) in [6, 6.07) is 5.04. The quantitative estimate of drug-likeness (QED) is 0.638. The Hall–Kier alpha value is -1.58. The molecule has 0 aliphatic heterocycles. The highest BCUT2D eigenvalue weighted by Crippen LogP contribution is 2.27. The number of benzene rings is 1. The topological polar surface area (TPSA) is 75.5 Å². The zero-order valence-corrected chi connectivity index (χ0v) is 17.5. The number of sulfonamides is 1. The highest BCUT2D eigenvalue weighted by atomic mass is 32.2. The molecule has 0 saturated heterocycles. The lowest BCUT2D eigenvalue weighted by molar-refractivity contribution is -0.125. The summed E-state index contributed by atoms with van der Waals surface area (Å²) in [5.41, 5.74) is 1.49. The Kier molecular flexibility index (Phi) is 6.70. The molecule has 9 heteroatoms. The van der Waals surface area contributed by atoms with Crippen LogP contribution in [0.3, 0.4) is 0 Å². The monoisotopic (exact) mass is 398 g/mol. The molecule has 1 aromatic carbocycles. The van der Waals surface area contributed by atoms with E-state index < -0.39 is 10.0 Å². The number of rotatable bonds is 8. The minimum Gasteiger partial charge on any atom is -0.348 e. The summed E-state index contributed by atoms with van der Waals surface area (Å²) in [6.07, 6.45) is 0. The van der Waals surface area contributed by atoms with Crippen molar-refractivity contribution >= 4 is 38.7 Å². The van der Waals surface area contributed by atoms with Gasteiger partial charge in [-0.2, -0.15) is 4.31 Å². The summed E-state index contributed by atoms with van der Waals surface area (Å²) in [6.45, 7) is 7.18. The molecule has 0 unspecified atom stereocenters. The van der Waals surface area contributed by atoms with Gasteiger partial charge in [0.25, 0.3) is 0 Å². The van der Waals surface area contributed by atoms with Crippen molar-refractivity contribution in [3.05, 3.63) is 18.2 Å². The average Bonchev–Trinajstić information content (AvgIpc) is 2.96. The Bertz CT molecular complexity index is 887. The third kappa shape index (κ3) is 4.05.